The van der Waals surface area contributed by atoms with Crippen LogP contribution >= 0.6 is 0 Å². The fraction of sp³-hybridized carbons (Fsp3) is 0.208. The summed E-state index contributed by atoms with van der Waals surface area (Å²) in [5, 5.41) is 11.0. The maximum absolute atomic E-state index is 15.7. The van der Waals surface area contributed by atoms with Crippen LogP contribution in [0.2, 0.25) is 0 Å². The van der Waals surface area contributed by atoms with E-state index < -0.39 is 29.5 Å². The Morgan fingerprint density at radius 2 is 1.82 bits per heavy atom. The van der Waals surface area contributed by atoms with Gasteiger partial charge >= 0.3 is 0 Å². The zero-order chi connectivity index (χ0) is 24.3. The molecule has 10 heteroatoms. The summed E-state index contributed by atoms with van der Waals surface area (Å²) in [5.41, 5.74) is 7.88. The van der Waals surface area contributed by atoms with E-state index in [9.17, 15) is 18.7 Å². The molecule has 0 bridgehead atoms. The van der Waals surface area contributed by atoms with E-state index in [1.807, 2.05) is 0 Å². The van der Waals surface area contributed by atoms with Crippen LogP contribution in [0.3, 0.4) is 0 Å². The van der Waals surface area contributed by atoms with Gasteiger partial charge in [-0.1, -0.05) is 0 Å². The number of hydrogen-bond donors (Lipinski definition) is 2. The number of aliphatic hydroxyl groups excluding tert-OH is 1. The van der Waals surface area contributed by atoms with Gasteiger partial charge in [0, 0.05) is 48.2 Å². The van der Waals surface area contributed by atoms with E-state index >= 15 is 4.39 Å². The quantitative estimate of drug-likeness (QED) is 0.480. The van der Waals surface area contributed by atoms with Gasteiger partial charge in [-0.25, -0.2) is 23.1 Å². The molecule has 2 aromatic carbocycles. The van der Waals surface area contributed by atoms with Crippen molar-refractivity contribution in [3.63, 3.8) is 0 Å². The molecule has 1 unspecified atom stereocenters. The molecule has 2 aromatic heterocycles. The molecule has 0 saturated heterocycles. The van der Waals surface area contributed by atoms with E-state index in [0.717, 1.165) is 12.1 Å². The summed E-state index contributed by atoms with van der Waals surface area (Å²) in [5.74, 6) is -2.40. The number of nitrogens with zero attached hydrogens (tertiary/aromatic N) is 4. The summed E-state index contributed by atoms with van der Waals surface area (Å²) in [4.78, 5) is 22.7. The third-order valence-electron chi connectivity index (χ3n) is 6.04. The fourth-order valence-electron chi connectivity index (χ4n) is 4.52. The second kappa shape index (κ2) is 7.84. The topological polar surface area (TPSA) is 97.3 Å². The van der Waals surface area contributed by atoms with Crippen LogP contribution in [0.1, 0.15) is 23.1 Å². The molecule has 1 aliphatic heterocycles. The maximum Gasteiger partial charge on any atom is 0.260 e. The van der Waals surface area contributed by atoms with Gasteiger partial charge in [0.1, 0.15) is 34.7 Å². The van der Waals surface area contributed by atoms with Gasteiger partial charge < -0.3 is 20.3 Å². The molecule has 1 aliphatic rings. The Morgan fingerprint density at radius 1 is 1.12 bits per heavy atom. The molecule has 1 amide bonds. The van der Waals surface area contributed by atoms with Gasteiger partial charge in [0.05, 0.1) is 5.39 Å². The van der Waals surface area contributed by atoms with Crippen molar-refractivity contribution in [2.75, 3.05) is 17.2 Å². The molecule has 0 saturated carbocycles. The van der Waals surface area contributed by atoms with Crippen molar-refractivity contribution < 1.29 is 23.1 Å². The SMILES string of the molecule is Cc1nc(N)c2c(-c3ccc4c(c3F)CCN4C(=O)C(O)c3cc(F)cc(F)c3)cn(C)c2n1. The highest BCUT2D eigenvalue weighted by Crippen LogP contribution is 2.40. The molecule has 3 N–H and O–H groups in total. The predicted octanol–water partition coefficient (Wildman–Crippen LogP) is 3.57. The van der Waals surface area contributed by atoms with Crippen LogP contribution in [0.15, 0.2) is 36.5 Å². The lowest BCUT2D eigenvalue weighted by Gasteiger charge is -2.21. The zero-order valence-electron chi connectivity index (χ0n) is 18.3. The first kappa shape index (κ1) is 21.9. The molecular formula is C24H20F3N5O2. The Labute approximate surface area is 192 Å². The van der Waals surface area contributed by atoms with Gasteiger partial charge in [-0.2, -0.15) is 0 Å². The van der Waals surface area contributed by atoms with E-state index in [0.29, 0.717) is 39.7 Å². The molecule has 0 radical (unpaired) electrons. The predicted molar refractivity (Wildman–Crippen MR) is 120 cm³/mol. The van der Waals surface area contributed by atoms with Gasteiger partial charge in [0.2, 0.25) is 0 Å². The fourth-order valence-corrected chi connectivity index (χ4v) is 4.52. The number of carbonyl (C=O) groups is 1. The van der Waals surface area contributed by atoms with Gasteiger partial charge in [0.15, 0.2) is 6.10 Å². The Morgan fingerprint density at radius 3 is 2.53 bits per heavy atom. The number of aliphatic hydroxyl groups is 1. The van der Waals surface area contributed by atoms with Crippen molar-refractivity contribution >= 4 is 28.4 Å². The smallest absolute Gasteiger partial charge is 0.260 e. The molecule has 0 fully saturated rings. The van der Waals surface area contributed by atoms with Crippen LogP contribution in [0.5, 0.6) is 0 Å². The third kappa shape index (κ3) is 3.38. The summed E-state index contributed by atoms with van der Waals surface area (Å²) in [6.07, 6.45) is 0.137. The second-order valence-electron chi connectivity index (χ2n) is 8.28. The van der Waals surface area contributed by atoms with Crippen LogP contribution in [-0.4, -0.2) is 32.1 Å². The number of benzene rings is 2. The number of carbonyl (C=O) groups excluding carboxylic acids is 1. The average molecular weight is 467 g/mol. The van der Waals surface area contributed by atoms with Crippen molar-refractivity contribution in [1.82, 2.24) is 14.5 Å². The second-order valence-corrected chi connectivity index (χ2v) is 8.28. The standard InChI is InChI=1S/C24H20F3N5O2/c1-11-29-22(28)19-17(10-31(2)23(19)30-11)15-3-4-18-16(20(15)27)5-6-32(18)24(34)21(33)12-7-13(25)9-14(26)8-12/h3-4,7-10,21,33H,5-6H2,1-2H3,(H2,28,29,30). The number of halogens is 3. The summed E-state index contributed by atoms with van der Waals surface area (Å²) < 4.78 is 44.5. The molecule has 4 aromatic rings. The lowest BCUT2D eigenvalue weighted by atomic mass is 10.0. The number of hydrogen-bond acceptors (Lipinski definition) is 5. The monoisotopic (exact) mass is 467 g/mol. The number of aromatic nitrogens is 3. The highest BCUT2D eigenvalue weighted by Gasteiger charge is 2.33. The molecule has 1 atom stereocenters. The largest absolute Gasteiger partial charge is 0.383 e. The number of fused-ring (bicyclic) bond motifs is 2. The average Bonchev–Trinajstić information content (AvgIpc) is 3.34. The number of nitrogen functional groups attached to an aromatic ring is 1. The van der Waals surface area contributed by atoms with Crippen molar-refractivity contribution in [1.29, 1.82) is 0 Å². The molecule has 0 aliphatic carbocycles. The molecule has 7 nitrogen and oxygen atoms in total. The number of aryl methyl sites for hydroxylation is 2. The minimum Gasteiger partial charge on any atom is -0.383 e. The molecule has 3 heterocycles. The van der Waals surface area contributed by atoms with Gasteiger partial charge in [-0.05, 0) is 43.2 Å². The van der Waals surface area contributed by atoms with E-state index in [-0.39, 0.29) is 29.9 Å². The highest BCUT2D eigenvalue weighted by molar-refractivity contribution is 6.02. The minimum absolute atomic E-state index is 0.114. The zero-order valence-corrected chi connectivity index (χ0v) is 18.3. The first-order valence-electron chi connectivity index (χ1n) is 10.5. The number of amides is 1. The van der Waals surface area contributed by atoms with Gasteiger partial charge in [0.25, 0.3) is 5.91 Å². The minimum atomic E-state index is -1.79. The number of rotatable bonds is 3. The van der Waals surface area contributed by atoms with Crippen molar-refractivity contribution in [3.8, 4) is 11.1 Å². The lowest BCUT2D eigenvalue weighted by Crippen LogP contribution is -2.33. The van der Waals surface area contributed by atoms with E-state index in [4.69, 9.17) is 5.73 Å². The first-order valence-corrected chi connectivity index (χ1v) is 10.5. The molecular weight excluding hydrogens is 447 g/mol. The summed E-state index contributed by atoms with van der Waals surface area (Å²) in [6, 6.07) is 5.54. The van der Waals surface area contributed by atoms with Gasteiger partial charge in [-0.3, -0.25) is 4.79 Å². The van der Waals surface area contributed by atoms with Crippen molar-refractivity contribution in [2.24, 2.45) is 7.05 Å². The van der Waals surface area contributed by atoms with Crippen LogP contribution in [0.25, 0.3) is 22.2 Å². The van der Waals surface area contributed by atoms with Crippen molar-refractivity contribution in [3.05, 3.63) is 70.9 Å². The van der Waals surface area contributed by atoms with E-state index in [1.165, 1.54) is 11.0 Å². The summed E-state index contributed by atoms with van der Waals surface area (Å²) >= 11 is 0. The molecule has 174 valence electrons. The first-order chi connectivity index (χ1) is 16.2. The molecule has 0 spiro atoms. The third-order valence-corrected chi connectivity index (χ3v) is 6.04. The Kier molecular flexibility index (Phi) is 5.05. The van der Waals surface area contributed by atoms with Crippen LogP contribution < -0.4 is 10.6 Å². The lowest BCUT2D eigenvalue weighted by molar-refractivity contribution is -0.126. The van der Waals surface area contributed by atoms with Gasteiger partial charge in [-0.15, -0.1) is 0 Å². The summed E-state index contributed by atoms with van der Waals surface area (Å²) in [6.45, 7) is 1.83. The van der Waals surface area contributed by atoms with Crippen LogP contribution in [0, 0.1) is 24.4 Å². The Hall–Kier alpha value is -3.92. The van der Waals surface area contributed by atoms with E-state index in [2.05, 4.69) is 9.97 Å². The van der Waals surface area contributed by atoms with Crippen LogP contribution in [-0.2, 0) is 18.3 Å². The Bertz CT molecular complexity index is 1460. The molecule has 34 heavy (non-hydrogen) atoms. The van der Waals surface area contributed by atoms with E-state index in [1.54, 1.807) is 30.8 Å². The number of nitrogens with two attached hydrogens (primary N) is 1. The summed E-state index contributed by atoms with van der Waals surface area (Å²) in [7, 11) is 1.78. The number of anilines is 2. The normalized spacial score (nSPS) is 14.0. The maximum atomic E-state index is 15.7. The van der Waals surface area contributed by atoms with Crippen molar-refractivity contribution in [2.45, 2.75) is 19.4 Å². The highest BCUT2D eigenvalue weighted by atomic mass is 19.1. The van der Waals surface area contributed by atoms with Crippen LogP contribution in [0.4, 0.5) is 24.7 Å². The Balaban J connectivity index is 1.54. The molecule has 5 rings (SSSR count).